The van der Waals surface area contributed by atoms with Crippen molar-refractivity contribution in [1.82, 2.24) is 0 Å². The first-order valence-electron chi connectivity index (χ1n) is 9.27. The summed E-state index contributed by atoms with van der Waals surface area (Å²) < 4.78 is 45.3. The highest BCUT2D eigenvalue weighted by Crippen LogP contribution is 2.46. The van der Waals surface area contributed by atoms with Gasteiger partial charge in [-0.3, -0.25) is 4.72 Å². The van der Waals surface area contributed by atoms with Gasteiger partial charge in [0.25, 0.3) is 15.8 Å². The van der Waals surface area contributed by atoms with Crippen LogP contribution in [0.1, 0.15) is 39.0 Å². The van der Waals surface area contributed by atoms with Crippen LogP contribution < -0.4 is 18.9 Å². The number of sulfonamides is 1. The molecular weight excluding hydrogens is 366 g/mol. The van der Waals surface area contributed by atoms with Crippen LogP contribution in [0.5, 0.6) is 17.2 Å². The number of benzene rings is 2. The van der Waals surface area contributed by atoms with Crippen LogP contribution in [0.15, 0.2) is 47.4 Å². The standard InChI is InChI=1S/C20H23NO5S/c1-2-24-16-7-9-17(10-8-16)27(22,23)21-15-6-11-18-19(14-15)26-20(25-18)12-4-3-5-13-20/h6-11,14,21H,2-5,12-13H2,1H3. The maximum atomic E-state index is 12.6. The van der Waals surface area contributed by atoms with Gasteiger partial charge in [-0.25, -0.2) is 8.42 Å². The maximum Gasteiger partial charge on any atom is 0.261 e. The van der Waals surface area contributed by atoms with E-state index in [4.69, 9.17) is 14.2 Å². The van der Waals surface area contributed by atoms with Gasteiger partial charge < -0.3 is 14.2 Å². The fourth-order valence-electron chi connectivity index (χ4n) is 3.55. The molecule has 1 aliphatic carbocycles. The molecule has 1 N–H and O–H groups in total. The van der Waals surface area contributed by atoms with Crippen molar-refractivity contribution in [2.75, 3.05) is 11.3 Å². The van der Waals surface area contributed by atoms with Gasteiger partial charge in [-0.1, -0.05) is 6.42 Å². The van der Waals surface area contributed by atoms with Crippen molar-refractivity contribution in [2.45, 2.75) is 49.7 Å². The Labute approximate surface area is 159 Å². The summed E-state index contributed by atoms with van der Waals surface area (Å²) in [7, 11) is -3.70. The Morgan fingerprint density at radius 3 is 2.41 bits per heavy atom. The number of fused-ring (bicyclic) bond motifs is 1. The lowest BCUT2D eigenvalue weighted by molar-refractivity contribution is -0.105. The third-order valence-electron chi connectivity index (χ3n) is 4.85. The van der Waals surface area contributed by atoms with Crippen molar-refractivity contribution >= 4 is 15.7 Å². The predicted octanol–water partition coefficient (Wildman–Crippen LogP) is 4.32. The summed E-state index contributed by atoms with van der Waals surface area (Å²) in [6.45, 7) is 2.41. The van der Waals surface area contributed by atoms with Crippen LogP contribution in [-0.4, -0.2) is 20.8 Å². The number of hydrogen-bond donors (Lipinski definition) is 1. The SMILES string of the molecule is CCOc1ccc(S(=O)(=O)Nc2ccc3c(c2)OC2(CCCCC2)O3)cc1. The molecule has 6 nitrogen and oxygen atoms in total. The molecule has 0 bridgehead atoms. The predicted molar refractivity (Wildman–Crippen MR) is 102 cm³/mol. The van der Waals surface area contributed by atoms with Crippen LogP contribution in [0, 0.1) is 0 Å². The van der Waals surface area contributed by atoms with E-state index in [2.05, 4.69) is 4.72 Å². The van der Waals surface area contributed by atoms with Crippen molar-refractivity contribution in [3.63, 3.8) is 0 Å². The van der Waals surface area contributed by atoms with E-state index in [1.54, 1.807) is 30.3 Å². The highest BCUT2D eigenvalue weighted by Gasteiger charge is 2.42. The second-order valence-electron chi connectivity index (χ2n) is 6.85. The molecule has 0 unspecified atom stereocenters. The van der Waals surface area contributed by atoms with Gasteiger partial charge in [-0.15, -0.1) is 0 Å². The smallest absolute Gasteiger partial charge is 0.261 e. The van der Waals surface area contributed by atoms with Crippen molar-refractivity contribution in [1.29, 1.82) is 0 Å². The van der Waals surface area contributed by atoms with E-state index in [0.717, 1.165) is 25.7 Å². The second-order valence-corrected chi connectivity index (χ2v) is 8.53. The minimum absolute atomic E-state index is 0.173. The fraction of sp³-hybridized carbons (Fsp3) is 0.400. The zero-order valence-corrected chi connectivity index (χ0v) is 16.1. The van der Waals surface area contributed by atoms with Crippen molar-refractivity contribution in [3.05, 3.63) is 42.5 Å². The molecule has 2 aliphatic rings. The molecule has 0 atom stereocenters. The van der Waals surface area contributed by atoms with E-state index in [0.29, 0.717) is 29.5 Å². The Hall–Kier alpha value is -2.41. The topological polar surface area (TPSA) is 73.9 Å². The van der Waals surface area contributed by atoms with E-state index in [1.165, 1.54) is 18.6 Å². The van der Waals surface area contributed by atoms with Gasteiger partial charge in [-0.2, -0.15) is 0 Å². The molecule has 1 heterocycles. The molecule has 1 spiro atoms. The van der Waals surface area contributed by atoms with Gasteiger partial charge in [0.15, 0.2) is 11.5 Å². The molecule has 1 saturated carbocycles. The van der Waals surface area contributed by atoms with Crippen LogP contribution in [0.3, 0.4) is 0 Å². The number of nitrogens with one attached hydrogen (secondary N) is 1. The quantitative estimate of drug-likeness (QED) is 0.824. The number of hydrogen-bond acceptors (Lipinski definition) is 5. The summed E-state index contributed by atoms with van der Waals surface area (Å²) in [5.74, 6) is 1.31. The molecule has 4 rings (SSSR count). The highest BCUT2D eigenvalue weighted by molar-refractivity contribution is 7.92. The zero-order chi connectivity index (χ0) is 18.9. The fourth-order valence-corrected chi connectivity index (χ4v) is 4.60. The van der Waals surface area contributed by atoms with Gasteiger partial charge in [0.1, 0.15) is 5.75 Å². The summed E-state index contributed by atoms with van der Waals surface area (Å²) >= 11 is 0. The number of rotatable bonds is 5. The van der Waals surface area contributed by atoms with E-state index in [9.17, 15) is 8.42 Å². The van der Waals surface area contributed by atoms with Gasteiger partial charge in [0, 0.05) is 18.9 Å². The Balaban J connectivity index is 1.51. The van der Waals surface area contributed by atoms with Crippen LogP contribution in [0.4, 0.5) is 5.69 Å². The molecule has 7 heteroatoms. The summed E-state index contributed by atoms with van der Waals surface area (Å²) in [6.07, 6.45) is 5.05. The van der Waals surface area contributed by atoms with Crippen molar-refractivity contribution < 1.29 is 22.6 Å². The van der Waals surface area contributed by atoms with E-state index in [1.807, 2.05) is 6.92 Å². The van der Waals surface area contributed by atoms with E-state index < -0.39 is 15.8 Å². The van der Waals surface area contributed by atoms with E-state index in [-0.39, 0.29) is 4.90 Å². The third kappa shape index (κ3) is 3.69. The minimum Gasteiger partial charge on any atom is -0.494 e. The van der Waals surface area contributed by atoms with Crippen LogP contribution >= 0.6 is 0 Å². The van der Waals surface area contributed by atoms with Crippen LogP contribution in [-0.2, 0) is 10.0 Å². The Morgan fingerprint density at radius 2 is 1.70 bits per heavy atom. The summed E-state index contributed by atoms with van der Waals surface area (Å²) in [6, 6.07) is 11.5. The molecule has 1 aliphatic heterocycles. The van der Waals surface area contributed by atoms with Gasteiger partial charge in [0.2, 0.25) is 0 Å². The summed E-state index contributed by atoms with van der Waals surface area (Å²) in [4.78, 5) is 0.173. The van der Waals surface area contributed by atoms with E-state index >= 15 is 0 Å². The first-order chi connectivity index (χ1) is 13.0. The minimum atomic E-state index is -3.70. The highest BCUT2D eigenvalue weighted by atomic mass is 32.2. The molecular formula is C20H23NO5S. The summed E-state index contributed by atoms with van der Waals surface area (Å²) in [5.41, 5.74) is 0.444. The maximum absolute atomic E-state index is 12.6. The second kappa shape index (κ2) is 6.96. The lowest BCUT2D eigenvalue weighted by atomic mass is 9.94. The normalized spacial score (nSPS) is 17.7. The molecule has 27 heavy (non-hydrogen) atoms. The molecule has 1 fully saturated rings. The first kappa shape index (κ1) is 18.0. The van der Waals surface area contributed by atoms with Crippen LogP contribution in [0.2, 0.25) is 0 Å². The summed E-state index contributed by atoms with van der Waals surface area (Å²) in [5, 5.41) is 0. The average Bonchev–Trinajstić information content (AvgIpc) is 2.99. The van der Waals surface area contributed by atoms with Crippen molar-refractivity contribution in [2.24, 2.45) is 0 Å². The molecule has 144 valence electrons. The molecule has 2 aromatic carbocycles. The Kier molecular flexibility index (Phi) is 4.63. The number of anilines is 1. The lowest BCUT2D eigenvalue weighted by Gasteiger charge is -2.31. The third-order valence-corrected chi connectivity index (χ3v) is 6.25. The largest absolute Gasteiger partial charge is 0.494 e. The Bertz CT molecular complexity index is 918. The number of ether oxygens (including phenoxy) is 3. The molecule has 0 aromatic heterocycles. The Morgan fingerprint density at radius 1 is 1.00 bits per heavy atom. The first-order valence-corrected chi connectivity index (χ1v) is 10.8. The molecule has 2 aromatic rings. The van der Waals surface area contributed by atoms with Crippen LogP contribution in [0.25, 0.3) is 0 Å². The molecule has 0 saturated heterocycles. The molecule has 0 amide bonds. The van der Waals surface area contributed by atoms with Crippen molar-refractivity contribution in [3.8, 4) is 17.2 Å². The zero-order valence-electron chi connectivity index (χ0n) is 15.2. The average molecular weight is 389 g/mol. The lowest BCUT2D eigenvalue weighted by Crippen LogP contribution is -2.40. The van der Waals surface area contributed by atoms with Gasteiger partial charge in [0.05, 0.1) is 17.2 Å². The van der Waals surface area contributed by atoms with Gasteiger partial charge in [-0.05, 0) is 56.2 Å². The monoisotopic (exact) mass is 389 g/mol. The van der Waals surface area contributed by atoms with Gasteiger partial charge >= 0.3 is 0 Å². The molecule has 0 radical (unpaired) electrons.